The van der Waals surface area contributed by atoms with Gasteiger partial charge >= 0.3 is 5.97 Å². The number of nitrogens with one attached hydrogen (secondary N) is 2. The van der Waals surface area contributed by atoms with E-state index in [1.807, 2.05) is 6.92 Å². The summed E-state index contributed by atoms with van der Waals surface area (Å²) in [6.07, 6.45) is 1.17. The Morgan fingerprint density at radius 3 is 2.40 bits per heavy atom. The molecule has 6 heteroatoms. The lowest BCUT2D eigenvalue weighted by Crippen LogP contribution is -2.51. The first kappa shape index (κ1) is 16.5. The summed E-state index contributed by atoms with van der Waals surface area (Å²) in [5.41, 5.74) is -0.472. The molecule has 1 amide bonds. The van der Waals surface area contributed by atoms with Gasteiger partial charge in [-0.25, -0.2) is 0 Å². The third-order valence-corrected chi connectivity index (χ3v) is 3.24. The fraction of sp³-hybridized carbons (Fsp3) is 0.429. The van der Waals surface area contributed by atoms with Crippen LogP contribution in [-0.2, 0) is 9.59 Å². The molecule has 1 atom stereocenters. The molecule has 110 valence electrons. The molecule has 0 saturated carbocycles. The average molecular weight is 299 g/mol. The first-order chi connectivity index (χ1) is 9.37. The lowest BCUT2D eigenvalue weighted by molar-refractivity contribution is -0.144. The van der Waals surface area contributed by atoms with E-state index in [1.165, 1.54) is 0 Å². The van der Waals surface area contributed by atoms with Gasteiger partial charge in [-0.1, -0.05) is 24.9 Å². The number of carbonyl (C=O) groups excluding carboxylic acids is 1. The Morgan fingerprint density at radius 1 is 1.30 bits per heavy atom. The number of benzene rings is 1. The Balaban J connectivity index is 2.54. The highest BCUT2D eigenvalue weighted by atomic mass is 35.5. The number of aliphatic carboxylic acids is 1. The van der Waals surface area contributed by atoms with Crippen molar-refractivity contribution in [3.8, 4) is 0 Å². The van der Waals surface area contributed by atoms with Crippen LogP contribution >= 0.6 is 11.6 Å². The van der Waals surface area contributed by atoms with Gasteiger partial charge in [-0.15, -0.1) is 0 Å². The zero-order chi connectivity index (χ0) is 15.2. The van der Waals surface area contributed by atoms with E-state index in [2.05, 4.69) is 10.6 Å². The number of carbonyl (C=O) groups is 2. The highest BCUT2D eigenvalue weighted by Gasteiger charge is 2.31. The molecule has 0 spiro atoms. The molecule has 3 N–H and O–H groups in total. The summed E-state index contributed by atoms with van der Waals surface area (Å²) in [6, 6.07) is 6.71. The van der Waals surface area contributed by atoms with E-state index in [0.29, 0.717) is 23.6 Å². The van der Waals surface area contributed by atoms with Crippen LogP contribution in [0.4, 0.5) is 5.69 Å². The van der Waals surface area contributed by atoms with Crippen molar-refractivity contribution in [3.05, 3.63) is 29.3 Å². The van der Waals surface area contributed by atoms with Gasteiger partial charge in [0.2, 0.25) is 5.91 Å². The average Bonchev–Trinajstić information content (AvgIpc) is 2.39. The molecule has 0 bridgehead atoms. The number of hydrogen-bond donors (Lipinski definition) is 3. The molecule has 1 aromatic rings. The van der Waals surface area contributed by atoms with Crippen molar-refractivity contribution < 1.29 is 14.7 Å². The van der Waals surface area contributed by atoms with Gasteiger partial charge in [-0.05, 0) is 37.6 Å². The largest absolute Gasteiger partial charge is 0.480 e. The fourth-order valence-corrected chi connectivity index (χ4v) is 1.91. The monoisotopic (exact) mass is 298 g/mol. The number of amides is 1. The van der Waals surface area contributed by atoms with E-state index >= 15 is 0 Å². The number of anilines is 1. The van der Waals surface area contributed by atoms with Crippen molar-refractivity contribution in [3.63, 3.8) is 0 Å². The normalized spacial score (nSPS) is 13.6. The van der Waals surface area contributed by atoms with Crippen molar-refractivity contribution in [2.45, 2.75) is 32.2 Å². The first-order valence-corrected chi connectivity index (χ1v) is 6.79. The smallest absolute Gasteiger partial charge is 0.323 e. The molecular weight excluding hydrogens is 280 g/mol. The zero-order valence-corrected chi connectivity index (χ0v) is 12.3. The molecule has 1 aromatic carbocycles. The third kappa shape index (κ3) is 4.83. The molecule has 1 unspecified atom stereocenters. The van der Waals surface area contributed by atoms with Crippen LogP contribution in [0.5, 0.6) is 0 Å². The van der Waals surface area contributed by atoms with Crippen molar-refractivity contribution in [2.24, 2.45) is 0 Å². The second-order valence-corrected chi connectivity index (χ2v) is 5.23. The van der Waals surface area contributed by atoms with Gasteiger partial charge in [0.1, 0.15) is 5.54 Å². The van der Waals surface area contributed by atoms with Crippen LogP contribution in [0, 0.1) is 0 Å². The number of carboxylic acids is 1. The number of rotatable bonds is 7. The van der Waals surface area contributed by atoms with Crippen LogP contribution in [0.2, 0.25) is 5.02 Å². The molecular formula is C14H19ClN2O3. The molecule has 0 heterocycles. The van der Waals surface area contributed by atoms with Gasteiger partial charge in [-0.3, -0.25) is 14.9 Å². The van der Waals surface area contributed by atoms with E-state index in [9.17, 15) is 14.7 Å². The van der Waals surface area contributed by atoms with Gasteiger partial charge in [0, 0.05) is 10.7 Å². The molecule has 0 aliphatic heterocycles. The molecule has 20 heavy (non-hydrogen) atoms. The fourth-order valence-electron chi connectivity index (χ4n) is 1.78. The Hall–Kier alpha value is -1.59. The molecule has 0 fully saturated rings. The summed E-state index contributed by atoms with van der Waals surface area (Å²) in [4.78, 5) is 23.0. The van der Waals surface area contributed by atoms with Gasteiger partial charge in [0.05, 0.1) is 6.54 Å². The van der Waals surface area contributed by atoms with Crippen LogP contribution in [0.3, 0.4) is 0 Å². The van der Waals surface area contributed by atoms with E-state index in [0.717, 1.165) is 0 Å². The number of hydrogen-bond acceptors (Lipinski definition) is 3. The molecule has 0 aliphatic rings. The molecule has 0 aliphatic carbocycles. The molecule has 0 radical (unpaired) electrons. The Labute approximate surface area is 123 Å². The minimum Gasteiger partial charge on any atom is -0.480 e. The summed E-state index contributed by atoms with van der Waals surface area (Å²) >= 11 is 5.75. The standard InChI is InChI=1S/C14H19ClN2O3/c1-3-8-14(2,13(19)20)16-9-12(18)17-11-6-4-10(15)5-7-11/h4-7,16H,3,8-9H2,1-2H3,(H,17,18)(H,19,20). The van der Waals surface area contributed by atoms with Crippen LogP contribution < -0.4 is 10.6 Å². The molecule has 0 saturated heterocycles. The maximum absolute atomic E-state index is 11.8. The second-order valence-electron chi connectivity index (χ2n) is 4.80. The number of halogens is 1. The van der Waals surface area contributed by atoms with Gasteiger partial charge in [0.15, 0.2) is 0 Å². The van der Waals surface area contributed by atoms with Crippen LogP contribution in [0.25, 0.3) is 0 Å². The van der Waals surface area contributed by atoms with E-state index in [-0.39, 0.29) is 12.5 Å². The SMILES string of the molecule is CCCC(C)(NCC(=O)Nc1ccc(Cl)cc1)C(=O)O. The highest BCUT2D eigenvalue weighted by Crippen LogP contribution is 2.14. The Morgan fingerprint density at radius 2 is 1.90 bits per heavy atom. The van der Waals surface area contributed by atoms with Crippen molar-refractivity contribution in [1.29, 1.82) is 0 Å². The van der Waals surface area contributed by atoms with Crippen molar-refractivity contribution >= 4 is 29.2 Å². The summed E-state index contributed by atoms with van der Waals surface area (Å²) in [5, 5.41) is 15.2. The summed E-state index contributed by atoms with van der Waals surface area (Å²) in [6.45, 7) is 3.41. The number of carboxylic acid groups (broad SMARTS) is 1. The topological polar surface area (TPSA) is 78.4 Å². The van der Waals surface area contributed by atoms with Gasteiger partial charge in [0.25, 0.3) is 0 Å². The van der Waals surface area contributed by atoms with Gasteiger partial charge < -0.3 is 10.4 Å². The molecule has 0 aromatic heterocycles. The Kier molecular flexibility index (Phi) is 5.98. The molecule has 5 nitrogen and oxygen atoms in total. The third-order valence-electron chi connectivity index (χ3n) is 2.99. The first-order valence-electron chi connectivity index (χ1n) is 6.41. The molecule has 1 rings (SSSR count). The highest BCUT2D eigenvalue weighted by molar-refractivity contribution is 6.30. The minimum absolute atomic E-state index is 0.0641. The predicted octanol–water partition coefficient (Wildman–Crippen LogP) is 2.51. The minimum atomic E-state index is -1.09. The maximum atomic E-state index is 11.8. The van der Waals surface area contributed by atoms with Crippen LogP contribution in [-0.4, -0.2) is 29.1 Å². The van der Waals surface area contributed by atoms with E-state index in [1.54, 1.807) is 31.2 Å². The van der Waals surface area contributed by atoms with E-state index < -0.39 is 11.5 Å². The summed E-state index contributed by atoms with van der Waals surface area (Å²) in [7, 11) is 0. The summed E-state index contributed by atoms with van der Waals surface area (Å²) in [5.74, 6) is -1.26. The zero-order valence-electron chi connectivity index (χ0n) is 11.6. The van der Waals surface area contributed by atoms with Crippen molar-refractivity contribution in [2.75, 3.05) is 11.9 Å². The predicted molar refractivity (Wildman–Crippen MR) is 79.0 cm³/mol. The van der Waals surface area contributed by atoms with Gasteiger partial charge in [-0.2, -0.15) is 0 Å². The van der Waals surface area contributed by atoms with Crippen molar-refractivity contribution in [1.82, 2.24) is 5.32 Å². The lowest BCUT2D eigenvalue weighted by Gasteiger charge is -2.25. The lowest BCUT2D eigenvalue weighted by atomic mass is 9.96. The van der Waals surface area contributed by atoms with Crippen LogP contribution in [0.15, 0.2) is 24.3 Å². The Bertz CT molecular complexity index is 476. The van der Waals surface area contributed by atoms with Crippen LogP contribution in [0.1, 0.15) is 26.7 Å². The quantitative estimate of drug-likeness (QED) is 0.723. The second kappa shape index (κ2) is 7.26. The van der Waals surface area contributed by atoms with E-state index in [4.69, 9.17) is 11.6 Å². The summed E-state index contributed by atoms with van der Waals surface area (Å²) < 4.78 is 0. The maximum Gasteiger partial charge on any atom is 0.323 e.